The lowest BCUT2D eigenvalue weighted by atomic mass is 10.0. The molecule has 0 aromatic heterocycles. The number of piperidine rings is 1. The third-order valence-electron chi connectivity index (χ3n) is 3.54. The van der Waals surface area contributed by atoms with Gasteiger partial charge in [-0.15, -0.1) is 0 Å². The second-order valence-electron chi connectivity index (χ2n) is 5.38. The summed E-state index contributed by atoms with van der Waals surface area (Å²) in [4.78, 5) is 14.2. The van der Waals surface area contributed by atoms with Crippen LogP contribution in [0, 0.1) is 5.92 Å². The van der Waals surface area contributed by atoms with Gasteiger partial charge in [0, 0.05) is 12.2 Å². The number of methoxy groups -OCH3 is 1. The van der Waals surface area contributed by atoms with Crippen molar-refractivity contribution in [1.82, 2.24) is 4.90 Å². The second kappa shape index (κ2) is 6.95. The zero-order valence-electron chi connectivity index (χ0n) is 12.0. The lowest BCUT2D eigenvalue weighted by Crippen LogP contribution is -2.39. The summed E-state index contributed by atoms with van der Waals surface area (Å²) in [6, 6.07) is 5.25. The first-order chi connectivity index (χ1) is 9.58. The van der Waals surface area contributed by atoms with Crippen LogP contribution in [0.3, 0.4) is 0 Å². The maximum absolute atomic E-state index is 12.0. The molecule has 110 valence electrons. The topological polar surface area (TPSA) is 41.6 Å². The van der Waals surface area contributed by atoms with Crippen molar-refractivity contribution >= 4 is 23.2 Å². The van der Waals surface area contributed by atoms with Crippen molar-refractivity contribution in [2.75, 3.05) is 32.1 Å². The van der Waals surface area contributed by atoms with E-state index in [0.717, 1.165) is 13.1 Å². The summed E-state index contributed by atoms with van der Waals surface area (Å²) in [6.45, 7) is 4.67. The summed E-state index contributed by atoms with van der Waals surface area (Å²) in [5.74, 6) is 1.28. The molecule has 1 aliphatic rings. The lowest BCUT2D eigenvalue weighted by molar-refractivity contribution is -0.117. The van der Waals surface area contributed by atoms with Gasteiger partial charge < -0.3 is 10.1 Å². The molecule has 2 rings (SSSR count). The fraction of sp³-hybridized carbons (Fsp3) is 0.533. The van der Waals surface area contributed by atoms with Crippen LogP contribution >= 0.6 is 11.6 Å². The highest BCUT2D eigenvalue weighted by Crippen LogP contribution is 2.27. The van der Waals surface area contributed by atoms with Crippen molar-refractivity contribution in [3.63, 3.8) is 0 Å². The van der Waals surface area contributed by atoms with Crippen LogP contribution in [0.25, 0.3) is 0 Å². The summed E-state index contributed by atoms with van der Waals surface area (Å²) in [5, 5.41) is 3.37. The predicted molar refractivity (Wildman–Crippen MR) is 81.5 cm³/mol. The molecule has 1 amide bonds. The number of ether oxygens (including phenoxy) is 1. The monoisotopic (exact) mass is 296 g/mol. The molecule has 1 aromatic carbocycles. The molecule has 1 N–H and O–H groups in total. The lowest BCUT2D eigenvalue weighted by Gasteiger charge is -2.30. The Labute approximate surface area is 125 Å². The number of benzene rings is 1. The Hall–Kier alpha value is -1.26. The summed E-state index contributed by atoms with van der Waals surface area (Å²) >= 11 is 6.04. The fourth-order valence-electron chi connectivity index (χ4n) is 2.58. The number of carbonyl (C=O) groups is 1. The molecule has 0 bridgehead atoms. The molecule has 1 aromatic rings. The normalized spacial score (nSPS) is 19.6. The largest absolute Gasteiger partial charge is 0.495 e. The molecule has 0 spiro atoms. The number of nitrogens with zero attached hydrogens (tertiary/aromatic N) is 1. The Balaban J connectivity index is 1.89. The standard InChI is InChI=1S/C15H21ClN2O2/c1-11-4-3-7-18(9-11)10-15(19)17-12-5-6-14(20-2)13(16)8-12/h5-6,8,11H,3-4,7,9-10H2,1-2H3,(H,17,19)/t11-/m0/s1. The molecular formula is C15H21ClN2O2. The third-order valence-corrected chi connectivity index (χ3v) is 3.84. The fourth-order valence-corrected chi connectivity index (χ4v) is 2.84. The zero-order valence-corrected chi connectivity index (χ0v) is 12.7. The highest BCUT2D eigenvalue weighted by molar-refractivity contribution is 6.32. The molecule has 1 atom stereocenters. The van der Waals surface area contributed by atoms with E-state index < -0.39 is 0 Å². The van der Waals surface area contributed by atoms with Crippen LogP contribution < -0.4 is 10.1 Å². The average Bonchev–Trinajstić information content (AvgIpc) is 2.38. The van der Waals surface area contributed by atoms with Gasteiger partial charge in [0.05, 0.1) is 18.7 Å². The number of hydrogen-bond donors (Lipinski definition) is 1. The summed E-state index contributed by atoms with van der Waals surface area (Å²) in [6.07, 6.45) is 2.43. The molecule has 1 fully saturated rings. The Morgan fingerprint density at radius 1 is 1.55 bits per heavy atom. The number of carbonyl (C=O) groups excluding carboxylic acids is 1. The molecule has 0 unspecified atom stereocenters. The van der Waals surface area contributed by atoms with Gasteiger partial charge in [0.2, 0.25) is 5.91 Å². The summed E-state index contributed by atoms with van der Waals surface area (Å²) < 4.78 is 5.09. The van der Waals surface area contributed by atoms with Crippen molar-refractivity contribution < 1.29 is 9.53 Å². The average molecular weight is 297 g/mol. The molecule has 4 nitrogen and oxygen atoms in total. The van der Waals surface area contributed by atoms with E-state index in [1.165, 1.54) is 12.8 Å². The summed E-state index contributed by atoms with van der Waals surface area (Å²) in [5.41, 5.74) is 0.700. The van der Waals surface area contributed by atoms with Gasteiger partial charge >= 0.3 is 0 Å². The van der Waals surface area contributed by atoms with E-state index >= 15 is 0 Å². The van der Waals surface area contributed by atoms with Gasteiger partial charge in [-0.2, -0.15) is 0 Å². The quantitative estimate of drug-likeness (QED) is 0.928. The van der Waals surface area contributed by atoms with Gasteiger partial charge in [-0.1, -0.05) is 18.5 Å². The minimum atomic E-state index is 0.000309. The number of rotatable bonds is 4. The maximum atomic E-state index is 12.0. The minimum Gasteiger partial charge on any atom is -0.495 e. The Morgan fingerprint density at radius 2 is 2.35 bits per heavy atom. The van der Waals surface area contributed by atoms with Crippen LogP contribution in [0.5, 0.6) is 5.75 Å². The molecular weight excluding hydrogens is 276 g/mol. The minimum absolute atomic E-state index is 0.000309. The molecule has 5 heteroatoms. The molecule has 0 aliphatic carbocycles. The van der Waals surface area contributed by atoms with Crippen molar-refractivity contribution in [2.45, 2.75) is 19.8 Å². The zero-order chi connectivity index (χ0) is 14.5. The van der Waals surface area contributed by atoms with Crippen molar-refractivity contribution in [3.05, 3.63) is 23.2 Å². The van der Waals surface area contributed by atoms with Crippen LogP contribution in [-0.2, 0) is 4.79 Å². The first-order valence-corrected chi connectivity index (χ1v) is 7.32. The first-order valence-electron chi connectivity index (χ1n) is 6.94. The number of halogens is 1. The van der Waals surface area contributed by atoms with Crippen LogP contribution in [0.15, 0.2) is 18.2 Å². The molecule has 1 aliphatic heterocycles. The first kappa shape index (κ1) is 15.1. The predicted octanol–water partition coefficient (Wildman–Crippen LogP) is 3.02. The number of nitrogens with one attached hydrogen (secondary N) is 1. The van der Waals surface area contributed by atoms with Crippen LogP contribution in [-0.4, -0.2) is 37.6 Å². The highest BCUT2D eigenvalue weighted by atomic mass is 35.5. The number of likely N-dealkylation sites (tertiary alicyclic amines) is 1. The molecule has 0 radical (unpaired) electrons. The molecule has 0 saturated carbocycles. The van der Waals surface area contributed by atoms with Crippen LogP contribution in [0.2, 0.25) is 5.02 Å². The van der Waals surface area contributed by atoms with E-state index in [0.29, 0.717) is 28.9 Å². The van der Waals surface area contributed by atoms with Crippen molar-refractivity contribution in [2.24, 2.45) is 5.92 Å². The van der Waals surface area contributed by atoms with Crippen LogP contribution in [0.1, 0.15) is 19.8 Å². The van der Waals surface area contributed by atoms with E-state index in [9.17, 15) is 4.79 Å². The van der Waals surface area contributed by atoms with E-state index in [2.05, 4.69) is 17.1 Å². The Kier molecular flexibility index (Phi) is 5.26. The smallest absolute Gasteiger partial charge is 0.238 e. The van der Waals surface area contributed by atoms with Crippen molar-refractivity contribution in [1.29, 1.82) is 0 Å². The van der Waals surface area contributed by atoms with E-state index in [1.54, 1.807) is 25.3 Å². The Bertz CT molecular complexity index is 479. The molecule has 1 saturated heterocycles. The second-order valence-corrected chi connectivity index (χ2v) is 5.79. The molecule has 1 heterocycles. The SMILES string of the molecule is COc1ccc(NC(=O)CN2CCC[C@H](C)C2)cc1Cl. The number of hydrogen-bond acceptors (Lipinski definition) is 3. The van der Waals surface area contributed by atoms with Gasteiger partial charge in [0.25, 0.3) is 0 Å². The number of amides is 1. The van der Waals surface area contributed by atoms with Crippen LogP contribution in [0.4, 0.5) is 5.69 Å². The summed E-state index contributed by atoms with van der Waals surface area (Å²) in [7, 11) is 1.57. The van der Waals surface area contributed by atoms with Gasteiger partial charge in [-0.25, -0.2) is 0 Å². The van der Waals surface area contributed by atoms with E-state index in [1.807, 2.05) is 0 Å². The van der Waals surface area contributed by atoms with Gasteiger partial charge in [-0.05, 0) is 43.5 Å². The van der Waals surface area contributed by atoms with Crippen molar-refractivity contribution in [3.8, 4) is 5.75 Å². The highest BCUT2D eigenvalue weighted by Gasteiger charge is 2.18. The molecule has 20 heavy (non-hydrogen) atoms. The van der Waals surface area contributed by atoms with Gasteiger partial charge in [0.15, 0.2) is 0 Å². The number of anilines is 1. The van der Waals surface area contributed by atoms with Gasteiger partial charge in [0.1, 0.15) is 5.75 Å². The maximum Gasteiger partial charge on any atom is 0.238 e. The third kappa shape index (κ3) is 4.12. The Morgan fingerprint density at radius 3 is 3.00 bits per heavy atom. The van der Waals surface area contributed by atoms with Gasteiger partial charge in [-0.3, -0.25) is 9.69 Å². The van der Waals surface area contributed by atoms with E-state index in [4.69, 9.17) is 16.3 Å². The van der Waals surface area contributed by atoms with E-state index in [-0.39, 0.29) is 5.91 Å².